The quantitative estimate of drug-likeness (QED) is 0.745. The molecule has 3 heteroatoms. The monoisotopic (exact) mass is 266 g/mol. The van der Waals surface area contributed by atoms with Gasteiger partial charge in [-0.1, -0.05) is 25.7 Å². The number of hydrogen-bond acceptors (Lipinski definition) is 1. The Bertz CT molecular complexity index is 382. The molecule has 0 aromatic carbocycles. The fourth-order valence-electron chi connectivity index (χ4n) is 3.52. The first kappa shape index (κ1) is 12.5. The molecule has 2 saturated carbocycles. The Balaban J connectivity index is 1.62. The van der Waals surface area contributed by atoms with Crippen molar-refractivity contribution in [3.05, 3.63) is 18.0 Å². The second-order valence-electron chi connectivity index (χ2n) is 5.99. The molecule has 3 rings (SSSR count). The van der Waals surface area contributed by atoms with E-state index in [0.29, 0.717) is 17.3 Å². The third-order valence-corrected chi connectivity index (χ3v) is 5.22. The van der Waals surface area contributed by atoms with Gasteiger partial charge in [0.15, 0.2) is 0 Å². The molecular weight excluding hydrogens is 244 g/mol. The van der Waals surface area contributed by atoms with Gasteiger partial charge in [-0.25, -0.2) is 0 Å². The van der Waals surface area contributed by atoms with Crippen molar-refractivity contribution in [2.24, 2.45) is 5.92 Å². The van der Waals surface area contributed by atoms with Gasteiger partial charge in [0.05, 0.1) is 11.7 Å². The minimum Gasteiger partial charge on any atom is -0.269 e. The van der Waals surface area contributed by atoms with Crippen molar-refractivity contribution in [3.8, 4) is 0 Å². The van der Waals surface area contributed by atoms with Crippen molar-refractivity contribution in [2.45, 2.75) is 69.2 Å². The molecule has 2 nitrogen and oxygen atoms in total. The number of nitrogens with zero attached hydrogens (tertiary/aromatic N) is 2. The summed E-state index contributed by atoms with van der Waals surface area (Å²) in [5.74, 6) is 0.646. The summed E-state index contributed by atoms with van der Waals surface area (Å²) in [6.45, 7) is 0. The van der Waals surface area contributed by atoms with E-state index >= 15 is 0 Å². The minimum atomic E-state index is 0.371. The van der Waals surface area contributed by atoms with Gasteiger partial charge in [-0.3, -0.25) is 4.68 Å². The lowest BCUT2D eigenvalue weighted by Crippen LogP contribution is -2.22. The number of alkyl halides is 1. The third kappa shape index (κ3) is 2.74. The van der Waals surface area contributed by atoms with Gasteiger partial charge in [-0.15, -0.1) is 11.6 Å². The van der Waals surface area contributed by atoms with Crippen LogP contribution in [-0.4, -0.2) is 15.2 Å². The van der Waals surface area contributed by atoms with E-state index in [0.717, 1.165) is 6.42 Å². The van der Waals surface area contributed by atoms with Crippen molar-refractivity contribution < 1.29 is 0 Å². The molecular formula is C15H23ClN2. The summed E-state index contributed by atoms with van der Waals surface area (Å²) < 4.78 is 2.20. The van der Waals surface area contributed by atoms with E-state index in [1.165, 1.54) is 57.1 Å². The molecule has 1 heterocycles. The average Bonchev–Trinajstić information content (AvgIpc) is 3.02. The summed E-state index contributed by atoms with van der Waals surface area (Å²) in [4.78, 5) is 0. The Kier molecular flexibility index (Phi) is 3.93. The number of halogens is 1. The van der Waals surface area contributed by atoms with Gasteiger partial charge in [-0.2, -0.15) is 5.10 Å². The predicted molar refractivity (Wildman–Crippen MR) is 75.0 cm³/mol. The van der Waals surface area contributed by atoms with E-state index in [1.54, 1.807) is 0 Å². The lowest BCUT2D eigenvalue weighted by atomic mass is 9.86. The smallest absolute Gasteiger partial charge is 0.0628 e. The fourth-order valence-corrected chi connectivity index (χ4v) is 3.89. The molecule has 2 aliphatic carbocycles. The Morgan fingerprint density at radius 3 is 2.61 bits per heavy atom. The van der Waals surface area contributed by atoms with Crippen LogP contribution in [-0.2, 0) is 6.42 Å². The van der Waals surface area contributed by atoms with Crippen LogP contribution in [0.4, 0.5) is 0 Å². The molecule has 18 heavy (non-hydrogen) atoms. The van der Waals surface area contributed by atoms with E-state index in [4.69, 9.17) is 16.7 Å². The zero-order chi connectivity index (χ0) is 12.4. The van der Waals surface area contributed by atoms with Crippen molar-refractivity contribution in [2.75, 3.05) is 0 Å². The highest BCUT2D eigenvalue weighted by atomic mass is 35.5. The van der Waals surface area contributed by atoms with Crippen molar-refractivity contribution >= 4 is 11.6 Å². The molecule has 1 aromatic heterocycles. The van der Waals surface area contributed by atoms with Gasteiger partial charge in [0.25, 0.3) is 0 Å². The Labute approximate surface area is 115 Å². The van der Waals surface area contributed by atoms with E-state index in [9.17, 15) is 0 Å². The van der Waals surface area contributed by atoms with Gasteiger partial charge in [0, 0.05) is 11.6 Å². The second-order valence-corrected chi connectivity index (χ2v) is 6.55. The molecule has 100 valence electrons. The number of hydrogen-bond donors (Lipinski definition) is 0. The highest BCUT2D eigenvalue weighted by Crippen LogP contribution is 2.32. The normalized spacial score (nSPS) is 29.8. The highest BCUT2D eigenvalue weighted by Gasteiger charge is 2.24. The molecule has 0 aliphatic heterocycles. The van der Waals surface area contributed by atoms with Crippen LogP contribution in [0.3, 0.4) is 0 Å². The summed E-state index contributed by atoms with van der Waals surface area (Å²) in [6, 6.07) is 2.87. The maximum atomic E-state index is 6.43. The van der Waals surface area contributed by atoms with Crippen LogP contribution in [0.15, 0.2) is 12.3 Å². The van der Waals surface area contributed by atoms with E-state index in [-0.39, 0.29) is 0 Å². The van der Waals surface area contributed by atoms with Crippen LogP contribution < -0.4 is 0 Å². The third-order valence-electron chi connectivity index (χ3n) is 4.65. The van der Waals surface area contributed by atoms with Gasteiger partial charge in [-0.05, 0) is 44.1 Å². The predicted octanol–water partition coefficient (Wildman–Crippen LogP) is 4.34. The molecule has 1 aromatic rings. The molecule has 2 fully saturated rings. The molecule has 0 spiro atoms. The zero-order valence-corrected chi connectivity index (χ0v) is 11.8. The van der Waals surface area contributed by atoms with Crippen LogP contribution >= 0.6 is 11.6 Å². The summed E-state index contributed by atoms with van der Waals surface area (Å²) in [5.41, 5.74) is 1.25. The van der Waals surface area contributed by atoms with Crippen molar-refractivity contribution in [1.29, 1.82) is 0 Å². The van der Waals surface area contributed by atoms with Gasteiger partial charge in [0.2, 0.25) is 0 Å². The van der Waals surface area contributed by atoms with Crippen LogP contribution in [0, 0.1) is 5.92 Å². The highest BCUT2D eigenvalue weighted by molar-refractivity contribution is 6.20. The zero-order valence-electron chi connectivity index (χ0n) is 11.0. The molecule has 0 amide bonds. The molecule has 0 radical (unpaired) electrons. The van der Waals surface area contributed by atoms with Gasteiger partial charge < -0.3 is 0 Å². The van der Waals surface area contributed by atoms with Crippen LogP contribution in [0.5, 0.6) is 0 Å². The first-order valence-corrected chi connectivity index (χ1v) is 7.94. The maximum Gasteiger partial charge on any atom is 0.0628 e. The van der Waals surface area contributed by atoms with E-state index in [1.807, 2.05) is 0 Å². The fraction of sp³-hybridized carbons (Fsp3) is 0.800. The first-order chi connectivity index (χ1) is 8.83. The Hall–Kier alpha value is -0.500. The van der Waals surface area contributed by atoms with Crippen molar-refractivity contribution in [3.63, 3.8) is 0 Å². The minimum absolute atomic E-state index is 0.371. The summed E-state index contributed by atoms with van der Waals surface area (Å²) in [6.07, 6.45) is 13.7. The largest absolute Gasteiger partial charge is 0.269 e. The van der Waals surface area contributed by atoms with E-state index < -0.39 is 0 Å². The second kappa shape index (κ2) is 5.64. The lowest BCUT2D eigenvalue weighted by molar-refractivity contribution is 0.358. The number of rotatable bonds is 3. The van der Waals surface area contributed by atoms with Gasteiger partial charge in [0.1, 0.15) is 0 Å². The molecule has 2 aliphatic rings. The average molecular weight is 267 g/mol. The SMILES string of the molecule is ClC1CCCCC1Cc1ccn(C2CCCC2)n1. The molecule has 0 bridgehead atoms. The summed E-state index contributed by atoms with van der Waals surface area (Å²) in [7, 11) is 0. The topological polar surface area (TPSA) is 17.8 Å². The molecule has 2 atom stereocenters. The standard InChI is InChI=1S/C15H23ClN2/c16-15-8-4-1-5-12(15)11-13-9-10-18(17-13)14-6-2-3-7-14/h9-10,12,14-15H,1-8,11H2. The van der Waals surface area contributed by atoms with Crippen LogP contribution in [0.2, 0.25) is 0 Å². The first-order valence-electron chi connectivity index (χ1n) is 7.51. The lowest BCUT2D eigenvalue weighted by Gasteiger charge is -2.26. The molecule has 0 N–H and O–H groups in total. The van der Waals surface area contributed by atoms with Crippen molar-refractivity contribution in [1.82, 2.24) is 9.78 Å². The maximum absolute atomic E-state index is 6.43. The van der Waals surface area contributed by atoms with E-state index in [2.05, 4.69) is 16.9 Å². The number of aromatic nitrogens is 2. The molecule has 0 saturated heterocycles. The summed E-state index contributed by atoms with van der Waals surface area (Å²) in [5, 5.41) is 5.15. The van der Waals surface area contributed by atoms with Gasteiger partial charge >= 0.3 is 0 Å². The Morgan fingerprint density at radius 2 is 1.83 bits per heavy atom. The van der Waals surface area contributed by atoms with Crippen LogP contribution in [0.25, 0.3) is 0 Å². The Morgan fingerprint density at radius 1 is 1.11 bits per heavy atom. The molecule has 2 unspecified atom stereocenters. The summed E-state index contributed by atoms with van der Waals surface area (Å²) >= 11 is 6.43. The van der Waals surface area contributed by atoms with Crippen LogP contribution in [0.1, 0.15) is 63.1 Å².